The van der Waals surface area contributed by atoms with E-state index in [0.717, 1.165) is 36.8 Å². The standard InChI is InChI=1S/C16H24N2O2/c1-10-7-11(2)15(17)8-14(10)16(20)18-9-12-3-5-13(19)6-4-12/h7-8,12-13,19H,3-6,9,17H2,1-2H3,(H,18,20). The molecule has 4 N–H and O–H groups in total. The van der Waals surface area contributed by atoms with Gasteiger partial charge >= 0.3 is 0 Å². The molecule has 1 amide bonds. The molecule has 2 rings (SSSR count). The normalized spacial score (nSPS) is 22.6. The van der Waals surface area contributed by atoms with Crippen molar-refractivity contribution in [1.82, 2.24) is 5.32 Å². The van der Waals surface area contributed by atoms with Gasteiger partial charge < -0.3 is 16.2 Å². The average Bonchev–Trinajstić information content (AvgIpc) is 2.42. The van der Waals surface area contributed by atoms with E-state index in [2.05, 4.69) is 5.32 Å². The van der Waals surface area contributed by atoms with Crippen LogP contribution < -0.4 is 11.1 Å². The van der Waals surface area contributed by atoms with E-state index in [-0.39, 0.29) is 12.0 Å². The smallest absolute Gasteiger partial charge is 0.251 e. The van der Waals surface area contributed by atoms with Crippen LogP contribution in [0.1, 0.15) is 47.2 Å². The fraction of sp³-hybridized carbons (Fsp3) is 0.562. The van der Waals surface area contributed by atoms with Crippen LogP contribution in [0.15, 0.2) is 12.1 Å². The Hall–Kier alpha value is -1.55. The predicted molar refractivity (Wildman–Crippen MR) is 80.6 cm³/mol. The predicted octanol–water partition coefficient (Wildman–Crippen LogP) is 2.17. The lowest BCUT2D eigenvalue weighted by molar-refractivity contribution is 0.0910. The molecule has 20 heavy (non-hydrogen) atoms. The number of carbonyl (C=O) groups is 1. The Bertz CT molecular complexity index is 491. The molecule has 0 radical (unpaired) electrons. The molecule has 110 valence electrons. The molecule has 4 nitrogen and oxygen atoms in total. The van der Waals surface area contributed by atoms with Crippen LogP contribution in [0.2, 0.25) is 0 Å². The summed E-state index contributed by atoms with van der Waals surface area (Å²) in [6.45, 7) is 4.55. The molecule has 0 aromatic heterocycles. The first-order chi connectivity index (χ1) is 9.47. The summed E-state index contributed by atoms with van der Waals surface area (Å²) in [6.07, 6.45) is 3.50. The number of nitrogens with two attached hydrogens (primary N) is 1. The number of benzene rings is 1. The van der Waals surface area contributed by atoms with Crippen LogP contribution in [0.4, 0.5) is 5.69 Å². The van der Waals surface area contributed by atoms with Crippen LogP contribution in [-0.2, 0) is 0 Å². The SMILES string of the molecule is Cc1cc(C)c(C(=O)NCC2CCC(O)CC2)cc1N. The molecule has 1 fully saturated rings. The quantitative estimate of drug-likeness (QED) is 0.741. The summed E-state index contributed by atoms with van der Waals surface area (Å²) in [5.41, 5.74) is 9.14. The zero-order valence-electron chi connectivity index (χ0n) is 12.3. The molecule has 0 bridgehead atoms. The number of hydrogen-bond donors (Lipinski definition) is 3. The van der Waals surface area contributed by atoms with Crippen molar-refractivity contribution in [3.05, 3.63) is 28.8 Å². The van der Waals surface area contributed by atoms with Crippen molar-refractivity contribution in [3.63, 3.8) is 0 Å². The Balaban J connectivity index is 1.93. The third kappa shape index (κ3) is 3.51. The fourth-order valence-electron chi connectivity index (χ4n) is 2.79. The van der Waals surface area contributed by atoms with Gasteiger partial charge in [-0.3, -0.25) is 4.79 Å². The average molecular weight is 276 g/mol. The molecule has 1 aromatic rings. The number of aliphatic hydroxyl groups is 1. The number of anilines is 1. The van der Waals surface area contributed by atoms with Gasteiger partial charge in [0.2, 0.25) is 0 Å². The topological polar surface area (TPSA) is 75.3 Å². The van der Waals surface area contributed by atoms with Crippen molar-refractivity contribution >= 4 is 11.6 Å². The number of amides is 1. The van der Waals surface area contributed by atoms with Gasteiger partial charge in [-0.05, 0) is 62.6 Å². The Morgan fingerprint density at radius 3 is 2.55 bits per heavy atom. The number of hydrogen-bond acceptors (Lipinski definition) is 3. The van der Waals surface area contributed by atoms with Gasteiger partial charge in [-0.25, -0.2) is 0 Å². The lowest BCUT2D eigenvalue weighted by atomic mass is 9.87. The van der Waals surface area contributed by atoms with Crippen LogP contribution in [0.3, 0.4) is 0 Å². The van der Waals surface area contributed by atoms with E-state index in [4.69, 9.17) is 5.73 Å². The van der Waals surface area contributed by atoms with Crippen molar-refractivity contribution in [3.8, 4) is 0 Å². The molecule has 1 aromatic carbocycles. The first-order valence-electron chi connectivity index (χ1n) is 7.30. The highest BCUT2D eigenvalue weighted by molar-refractivity contribution is 5.96. The van der Waals surface area contributed by atoms with Crippen molar-refractivity contribution in [1.29, 1.82) is 0 Å². The zero-order valence-corrected chi connectivity index (χ0v) is 12.3. The molecule has 1 aliphatic rings. The van der Waals surface area contributed by atoms with Crippen molar-refractivity contribution in [2.45, 2.75) is 45.6 Å². The Kier molecular flexibility index (Phi) is 4.65. The van der Waals surface area contributed by atoms with Gasteiger partial charge in [0.1, 0.15) is 0 Å². The Morgan fingerprint density at radius 2 is 1.90 bits per heavy atom. The maximum Gasteiger partial charge on any atom is 0.251 e. The second kappa shape index (κ2) is 6.27. The highest BCUT2D eigenvalue weighted by atomic mass is 16.3. The molecule has 0 atom stereocenters. The fourth-order valence-corrected chi connectivity index (χ4v) is 2.79. The minimum Gasteiger partial charge on any atom is -0.398 e. The van der Waals surface area contributed by atoms with Crippen LogP contribution in [0.5, 0.6) is 0 Å². The summed E-state index contributed by atoms with van der Waals surface area (Å²) in [6, 6.07) is 3.70. The van der Waals surface area contributed by atoms with E-state index >= 15 is 0 Å². The molecule has 0 unspecified atom stereocenters. The molecule has 4 heteroatoms. The number of nitrogen functional groups attached to an aromatic ring is 1. The number of rotatable bonds is 3. The maximum absolute atomic E-state index is 12.2. The van der Waals surface area contributed by atoms with Gasteiger partial charge in [0.25, 0.3) is 5.91 Å². The molecule has 0 saturated heterocycles. The van der Waals surface area contributed by atoms with E-state index in [0.29, 0.717) is 23.7 Å². The first kappa shape index (κ1) is 14.9. The van der Waals surface area contributed by atoms with Crippen molar-refractivity contribution < 1.29 is 9.90 Å². The van der Waals surface area contributed by atoms with Crippen LogP contribution in [-0.4, -0.2) is 23.7 Å². The second-order valence-corrected chi connectivity index (χ2v) is 5.91. The third-order valence-corrected chi connectivity index (χ3v) is 4.23. The first-order valence-corrected chi connectivity index (χ1v) is 7.30. The lowest BCUT2D eigenvalue weighted by Gasteiger charge is -2.25. The molecular formula is C16H24N2O2. The highest BCUT2D eigenvalue weighted by Gasteiger charge is 2.20. The third-order valence-electron chi connectivity index (χ3n) is 4.23. The number of carbonyl (C=O) groups excluding carboxylic acids is 1. The highest BCUT2D eigenvalue weighted by Crippen LogP contribution is 2.24. The molecule has 0 spiro atoms. The zero-order chi connectivity index (χ0) is 14.7. The van der Waals surface area contributed by atoms with E-state index in [1.165, 1.54) is 0 Å². The van der Waals surface area contributed by atoms with E-state index in [1.54, 1.807) is 6.07 Å². The summed E-state index contributed by atoms with van der Waals surface area (Å²) < 4.78 is 0. The number of aryl methyl sites for hydroxylation is 2. The van der Waals surface area contributed by atoms with E-state index < -0.39 is 0 Å². The van der Waals surface area contributed by atoms with Gasteiger partial charge in [0, 0.05) is 17.8 Å². The van der Waals surface area contributed by atoms with Gasteiger partial charge in [0.05, 0.1) is 6.10 Å². The maximum atomic E-state index is 12.2. The summed E-state index contributed by atoms with van der Waals surface area (Å²) in [5, 5.41) is 12.5. The van der Waals surface area contributed by atoms with E-state index in [1.807, 2.05) is 19.9 Å². The Labute approximate surface area is 120 Å². The van der Waals surface area contributed by atoms with Crippen molar-refractivity contribution in [2.24, 2.45) is 5.92 Å². The van der Waals surface area contributed by atoms with Crippen LogP contribution >= 0.6 is 0 Å². The van der Waals surface area contributed by atoms with Crippen LogP contribution in [0, 0.1) is 19.8 Å². The summed E-state index contributed by atoms with van der Waals surface area (Å²) in [7, 11) is 0. The minimum absolute atomic E-state index is 0.0553. The van der Waals surface area contributed by atoms with Crippen molar-refractivity contribution in [2.75, 3.05) is 12.3 Å². The molecule has 1 saturated carbocycles. The molecule has 1 aliphatic carbocycles. The summed E-state index contributed by atoms with van der Waals surface area (Å²) in [5.74, 6) is 0.422. The second-order valence-electron chi connectivity index (χ2n) is 5.91. The number of aliphatic hydroxyl groups excluding tert-OH is 1. The van der Waals surface area contributed by atoms with E-state index in [9.17, 15) is 9.90 Å². The summed E-state index contributed by atoms with van der Waals surface area (Å²) in [4.78, 5) is 12.2. The van der Waals surface area contributed by atoms with Gasteiger partial charge in [-0.1, -0.05) is 6.07 Å². The van der Waals surface area contributed by atoms with Gasteiger partial charge in [0.15, 0.2) is 0 Å². The molecule has 0 aliphatic heterocycles. The largest absolute Gasteiger partial charge is 0.398 e. The molecular weight excluding hydrogens is 252 g/mol. The Morgan fingerprint density at radius 1 is 1.25 bits per heavy atom. The van der Waals surface area contributed by atoms with Gasteiger partial charge in [-0.2, -0.15) is 0 Å². The number of nitrogens with one attached hydrogen (secondary N) is 1. The monoisotopic (exact) mass is 276 g/mol. The lowest BCUT2D eigenvalue weighted by Crippen LogP contribution is -2.32. The van der Waals surface area contributed by atoms with Crippen LogP contribution in [0.25, 0.3) is 0 Å². The minimum atomic E-state index is -0.152. The summed E-state index contributed by atoms with van der Waals surface area (Å²) >= 11 is 0. The molecule has 0 heterocycles. The van der Waals surface area contributed by atoms with Gasteiger partial charge in [-0.15, -0.1) is 0 Å².